The smallest absolute Gasteiger partial charge is 0.245 e. The lowest BCUT2D eigenvalue weighted by atomic mass is 10.0. The van der Waals surface area contributed by atoms with Gasteiger partial charge in [0, 0.05) is 25.0 Å². The van der Waals surface area contributed by atoms with Crippen LogP contribution in [0, 0.1) is 17.2 Å². The lowest BCUT2D eigenvalue weighted by Gasteiger charge is -2.08. The number of hydrogen-bond donors (Lipinski definition) is 1. The van der Waals surface area contributed by atoms with Gasteiger partial charge < -0.3 is 10.1 Å². The molecule has 2 rings (SSSR count). The van der Waals surface area contributed by atoms with E-state index in [0.29, 0.717) is 24.4 Å². The van der Waals surface area contributed by atoms with Gasteiger partial charge >= 0.3 is 0 Å². The van der Waals surface area contributed by atoms with E-state index in [9.17, 15) is 9.59 Å². The molecule has 1 aromatic heterocycles. The van der Waals surface area contributed by atoms with Crippen LogP contribution in [0.25, 0.3) is 10.1 Å². The van der Waals surface area contributed by atoms with Gasteiger partial charge in [-0.1, -0.05) is 18.2 Å². The van der Waals surface area contributed by atoms with Crippen molar-refractivity contribution in [2.75, 3.05) is 20.3 Å². The summed E-state index contributed by atoms with van der Waals surface area (Å²) in [4.78, 5) is 24.8. The molecule has 0 aliphatic rings. The van der Waals surface area contributed by atoms with Crippen LogP contribution in [-0.4, -0.2) is 32.0 Å². The molecule has 2 aromatic rings. The summed E-state index contributed by atoms with van der Waals surface area (Å²) in [5.74, 6) is -2.32. The van der Waals surface area contributed by atoms with E-state index in [1.807, 2.05) is 24.3 Å². The number of nitrogens with one attached hydrogen (secondary N) is 1. The molecule has 0 saturated carbocycles. The predicted octanol–water partition coefficient (Wildman–Crippen LogP) is 2.38. The number of methoxy groups -OCH3 is 1. The van der Waals surface area contributed by atoms with E-state index >= 15 is 0 Å². The first-order valence-corrected chi connectivity index (χ1v) is 7.68. The summed E-state index contributed by atoms with van der Waals surface area (Å²) >= 11 is 1.30. The fourth-order valence-electron chi connectivity index (χ4n) is 2.01. The highest BCUT2D eigenvalue weighted by Gasteiger charge is 2.28. The molecule has 1 aromatic carbocycles. The summed E-state index contributed by atoms with van der Waals surface area (Å²) in [6.07, 6.45) is 0.636. The summed E-state index contributed by atoms with van der Waals surface area (Å²) < 4.78 is 5.84. The van der Waals surface area contributed by atoms with Crippen LogP contribution in [0.1, 0.15) is 16.1 Å². The fraction of sp³-hybridized carbons (Fsp3) is 0.312. The molecule has 5 nitrogen and oxygen atoms in total. The Balaban J connectivity index is 2.08. The zero-order valence-corrected chi connectivity index (χ0v) is 13.0. The molecule has 1 heterocycles. The molecule has 0 unspecified atom stereocenters. The first-order chi connectivity index (χ1) is 10.7. The highest BCUT2D eigenvalue weighted by Crippen LogP contribution is 2.27. The van der Waals surface area contributed by atoms with Crippen LogP contribution >= 0.6 is 11.3 Å². The van der Waals surface area contributed by atoms with Gasteiger partial charge in [0.25, 0.3) is 0 Å². The minimum absolute atomic E-state index is 0.380. The summed E-state index contributed by atoms with van der Waals surface area (Å²) in [5, 5.41) is 12.7. The maximum absolute atomic E-state index is 12.4. The maximum Gasteiger partial charge on any atom is 0.245 e. The molecule has 0 radical (unpaired) electrons. The quantitative estimate of drug-likeness (QED) is 0.483. The number of carbonyl (C=O) groups is 2. The number of Topliss-reactive ketones (excluding diaryl/α,β-unsaturated/α-hetero) is 1. The zero-order chi connectivity index (χ0) is 15.9. The van der Waals surface area contributed by atoms with Gasteiger partial charge in [0.1, 0.15) is 0 Å². The van der Waals surface area contributed by atoms with Crippen molar-refractivity contribution >= 4 is 33.1 Å². The number of fused-ring (bicyclic) bond motifs is 1. The number of ketones is 1. The van der Waals surface area contributed by atoms with Crippen molar-refractivity contribution in [1.82, 2.24) is 5.32 Å². The van der Waals surface area contributed by atoms with E-state index in [-0.39, 0.29) is 0 Å². The number of thiophene rings is 1. The number of benzene rings is 1. The van der Waals surface area contributed by atoms with Gasteiger partial charge in [-0.25, -0.2) is 0 Å². The van der Waals surface area contributed by atoms with E-state index in [1.165, 1.54) is 11.3 Å². The third-order valence-electron chi connectivity index (χ3n) is 3.15. The van der Waals surface area contributed by atoms with Gasteiger partial charge in [-0.15, -0.1) is 11.3 Å². The summed E-state index contributed by atoms with van der Waals surface area (Å²) in [6, 6.07) is 11.1. The molecule has 0 aliphatic heterocycles. The second-order valence-corrected chi connectivity index (χ2v) is 5.80. The third-order valence-corrected chi connectivity index (χ3v) is 4.28. The molecule has 1 N–H and O–H groups in total. The first-order valence-electron chi connectivity index (χ1n) is 6.86. The molecular weight excluding hydrogens is 300 g/mol. The highest BCUT2D eigenvalue weighted by atomic mass is 32.1. The molecule has 1 atom stereocenters. The van der Waals surface area contributed by atoms with Gasteiger partial charge in [0.05, 0.1) is 10.9 Å². The lowest BCUT2D eigenvalue weighted by molar-refractivity contribution is -0.122. The van der Waals surface area contributed by atoms with Crippen molar-refractivity contribution in [2.24, 2.45) is 5.92 Å². The molecule has 0 spiro atoms. The summed E-state index contributed by atoms with van der Waals surface area (Å²) in [7, 11) is 1.57. The first kappa shape index (κ1) is 16.1. The van der Waals surface area contributed by atoms with Crippen LogP contribution < -0.4 is 5.32 Å². The van der Waals surface area contributed by atoms with Gasteiger partial charge in [-0.3, -0.25) is 9.59 Å². The Labute approximate surface area is 132 Å². The van der Waals surface area contributed by atoms with Crippen LogP contribution in [-0.2, 0) is 9.53 Å². The van der Waals surface area contributed by atoms with Gasteiger partial charge in [0.2, 0.25) is 5.91 Å². The van der Waals surface area contributed by atoms with Crippen molar-refractivity contribution in [1.29, 1.82) is 5.26 Å². The highest BCUT2D eigenvalue weighted by molar-refractivity contribution is 7.20. The molecule has 22 heavy (non-hydrogen) atoms. The zero-order valence-electron chi connectivity index (χ0n) is 12.2. The van der Waals surface area contributed by atoms with E-state index in [1.54, 1.807) is 19.2 Å². The molecule has 0 aliphatic carbocycles. The molecular formula is C16H16N2O3S. The fourth-order valence-corrected chi connectivity index (χ4v) is 3.04. The average Bonchev–Trinajstić information content (AvgIpc) is 2.96. The average molecular weight is 316 g/mol. The van der Waals surface area contributed by atoms with Gasteiger partial charge in [-0.05, 0) is 23.9 Å². The number of carbonyl (C=O) groups excluding carboxylic acids is 2. The topological polar surface area (TPSA) is 79.2 Å². The second kappa shape index (κ2) is 7.69. The molecule has 6 heteroatoms. The van der Waals surface area contributed by atoms with E-state index in [4.69, 9.17) is 10.00 Å². The molecule has 0 saturated heterocycles. The van der Waals surface area contributed by atoms with Crippen molar-refractivity contribution < 1.29 is 14.3 Å². The molecule has 114 valence electrons. The molecule has 1 amide bonds. The van der Waals surface area contributed by atoms with Crippen LogP contribution in [0.15, 0.2) is 30.3 Å². The number of ether oxygens (including phenoxy) is 1. The van der Waals surface area contributed by atoms with Crippen LogP contribution in [0.2, 0.25) is 0 Å². The predicted molar refractivity (Wildman–Crippen MR) is 84.8 cm³/mol. The Morgan fingerprint density at radius 2 is 2.18 bits per heavy atom. The number of rotatable bonds is 7. The SMILES string of the molecule is COCCCNC(=O)[C@@H](C#N)C(=O)c1cc2ccccc2s1. The van der Waals surface area contributed by atoms with Gasteiger partial charge in [-0.2, -0.15) is 5.26 Å². The summed E-state index contributed by atoms with van der Waals surface area (Å²) in [6.45, 7) is 0.895. The molecule has 0 fully saturated rings. The Morgan fingerprint density at radius 3 is 2.86 bits per heavy atom. The Hall–Kier alpha value is -2.23. The van der Waals surface area contributed by atoms with Crippen LogP contribution in [0.5, 0.6) is 0 Å². The van der Waals surface area contributed by atoms with Crippen molar-refractivity contribution in [3.8, 4) is 6.07 Å². The normalized spacial score (nSPS) is 11.8. The van der Waals surface area contributed by atoms with Crippen LogP contribution in [0.3, 0.4) is 0 Å². The largest absolute Gasteiger partial charge is 0.385 e. The van der Waals surface area contributed by atoms with Crippen LogP contribution in [0.4, 0.5) is 0 Å². The van der Waals surface area contributed by atoms with Crippen molar-refractivity contribution in [3.05, 3.63) is 35.2 Å². The standard InChI is InChI=1S/C16H16N2O3S/c1-21-8-4-7-18-16(20)12(10-17)15(19)14-9-11-5-2-3-6-13(11)22-14/h2-3,5-6,9,12H,4,7-8H2,1H3,(H,18,20)/t12-/m0/s1. The lowest BCUT2D eigenvalue weighted by Crippen LogP contribution is -2.35. The molecule has 0 bridgehead atoms. The van der Waals surface area contributed by atoms with Crippen molar-refractivity contribution in [2.45, 2.75) is 6.42 Å². The Kier molecular flexibility index (Phi) is 5.64. The maximum atomic E-state index is 12.4. The third kappa shape index (κ3) is 3.70. The van der Waals surface area contributed by atoms with E-state index in [2.05, 4.69) is 5.32 Å². The number of nitrogens with zero attached hydrogens (tertiary/aromatic N) is 1. The van der Waals surface area contributed by atoms with Gasteiger partial charge in [0.15, 0.2) is 11.7 Å². The Bertz CT molecular complexity index is 684. The summed E-state index contributed by atoms with van der Waals surface area (Å²) in [5.41, 5.74) is 0. The second-order valence-electron chi connectivity index (χ2n) is 4.71. The van der Waals surface area contributed by atoms with E-state index in [0.717, 1.165) is 10.1 Å². The monoisotopic (exact) mass is 316 g/mol. The number of nitriles is 1. The number of hydrogen-bond acceptors (Lipinski definition) is 5. The minimum Gasteiger partial charge on any atom is -0.385 e. The van der Waals surface area contributed by atoms with E-state index < -0.39 is 17.6 Å². The minimum atomic E-state index is -1.31. The number of amides is 1. The Morgan fingerprint density at radius 1 is 1.41 bits per heavy atom. The van der Waals surface area contributed by atoms with Crippen molar-refractivity contribution in [3.63, 3.8) is 0 Å².